The molecule has 1 unspecified atom stereocenters. The first-order chi connectivity index (χ1) is 7.20. The molecule has 16 heavy (non-hydrogen) atoms. The molecule has 0 aromatic rings. The Hall–Kier alpha value is -0.0800. The van der Waals surface area contributed by atoms with Crippen molar-refractivity contribution in [1.29, 1.82) is 0 Å². The van der Waals surface area contributed by atoms with E-state index in [4.69, 9.17) is 5.73 Å². The average Bonchev–Trinajstić information content (AvgIpc) is 2.08. The van der Waals surface area contributed by atoms with Gasteiger partial charge in [0.15, 0.2) is 0 Å². The zero-order valence-corrected chi connectivity index (χ0v) is 12.3. The van der Waals surface area contributed by atoms with Crippen molar-refractivity contribution >= 4 is 0 Å². The minimum atomic E-state index is 0.243. The molecule has 0 saturated carbocycles. The quantitative estimate of drug-likeness (QED) is 0.733. The van der Waals surface area contributed by atoms with E-state index >= 15 is 0 Å². The minimum Gasteiger partial charge on any atom is -0.329 e. The first-order valence-electron chi connectivity index (χ1n) is 6.63. The van der Waals surface area contributed by atoms with Crippen LogP contribution in [0.2, 0.25) is 0 Å². The smallest absolute Gasteiger partial charge is 0.0238 e. The van der Waals surface area contributed by atoms with Crippen LogP contribution in [0.1, 0.15) is 48.5 Å². The number of rotatable bonds is 6. The van der Waals surface area contributed by atoms with Crippen LogP contribution in [0.3, 0.4) is 0 Å². The monoisotopic (exact) mass is 228 g/mol. The van der Waals surface area contributed by atoms with Gasteiger partial charge in [-0.3, -0.25) is 0 Å². The fourth-order valence-electron chi connectivity index (χ4n) is 2.26. The molecule has 0 rings (SSSR count). The van der Waals surface area contributed by atoms with E-state index in [1.807, 2.05) is 0 Å². The Balaban J connectivity index is 4.28. The fourth-order valence-corrected chi connectivity index (χ4v) is 2.26. The summed E-state index contributed by atoms with van der Waals surface area (Å²) in [7, 11) is 0. The lowest BCUT2D eigenvalue weighted by molar-refractivity contribution is 0.219. The molecule has 0 aliphatic carbocycles. The predicted molar refractivity (Wildman–Crippen MR) is 73.5 cm³/mol. The van der Waals surface area contributed by atoms with E-state index in [0.717, 1.165) is 24.3 Å². The standard InChI is InChI=1S/C14H32N2/c1-10(2)12(11(3)4)9-16-13(8-15)14(5,6)7/h10-13,16H,8-9,15H2,1-7H3. The third-order valence-electron chi connectivity index (χ3n) is 3.59. The molecule has 0 spiro atoms. The number of hydrogen-bond donors (Lipinski definition) is 2. The molecule has 0 amide bonds. The van der Waals surface area contributed by atoms with Crippen molar-refractivity contribution in [2.75, 3.05) is 13.1 Å². The summed E-state index contributed by atoms with van der Waals surface area (Å²) in [6, 6.07) is 0.410. The molecule has 98 valence electrons. The Kier molecular flexibility index (Phi) is 6.57. The maximum absolute atomic E-state index is 5.83. The van der Waals surface area contributed by atoms with E-state index in [1.54, 1.807) is 0 Å². The van der Waals surface area contributed by atoms with Gasteiger partial charge in [-0.05, 0) is 29.7 Å². The highest BCUT2D eigenvalue weighted by Crippen LogP contribution is 2.22. The van der Waals surface area contributed by atoms with Crippen molar-refractivity contribution in [1.82, 2.24) is 5.32 Å². The van der Waals surface area contributed by atoms with Gasteiger partial charge in [0.05, 0.1) is 0 Å². The predicted octanol–water partition coefficient (Wildman–Crippen LogP) is 2.88. The molecule has 2 nitrogen and oxygen atoms in total. The normalized spacial score (nSPS) is 15.2. The summed E-state index contributed by atoms with van der Waals surface area (Å²) in [5.41, 5.74) is 6.08. The molecule has 3 N–H and O–H groups in total. The van der Waals surface area contributed by atoms with Gasteiger partial charge in [0.1, 0.15) is 0 Å². The van der Waals surface area contributed by atoms with Gasteiger partial charge in [0.2, 0.25) is 0 Å². The van der Waals surface area contributed by atoms with E-state index in [2.05, 4.69) is 53.8 Å². The van der Waals surface area contributed by atoms with Crippen LogP contribution in [0, 0.1) is 23.2 Å². The van der Waals surface area contributed by atoms with Crippen molar-refractivity contribution in [2.45, 2.75) is 54.5 Å². The number of nitrogens with two attached hydrogens (primary N) is 1. The van der Waals surface area contributed by atoms with Crippen LogP contribution >= 0.6 is 0 Å². The molecule has 0 radical (unpaired) electrons. The second kappa shape index (κ2) is 6.61. The van der Waals surface area contributed by atoms with E-state index < -0.39 is 0 Å². The molecule has 0 heterocycles. The Labute approximate surface area is 102 Å². The largest absolute Gasteiger partial charge is 0.329 e. The zero-order chi connectivity index (χ0) is 12.9. The SMILES string of the molecule is CC(C)C(CNC(CN)C(C)(C)C)C(C)C. The Morgan fingerprint density at radius 3 is 1.69 bits per heavy atom. The van der Waals surface area contributed by atoms with Gasteiger partial charge in [0, 0.05) is 12.6 Å². The molecule has 0 fully saturated rings. The van der Waals surface area contributed by atoms with Crippen LogP contribution in [0.5, 0.6) is 0 Å². The summed E-state index contributed by atoms with van der Waals surface area (Å²) in [4.78, 5) is 0. The summed E-state index contributed by atoms with van der Waals surface area (Å²) >= 11 is 0. The van der Waals surface area contributed by atoms with Crippen LogP contribution in [-0.4, -0.2) is 19.1 Å². The molecule has 0 aliphatic rings. The Bertz CT molecular complexity index is 170. The van der Waals surface area contributed by atoms with E-state index in [1.165, 1.54) is 0 Å². The van der Waals surface area contributed by atoms with Crippen molar-refractivity contribution in [3.8, 4) is 0 Å². The number of hydrogen-bond acceptors (Lipinski definition) is 2. The second-order valence-corrected chi connectivity index (χ2v) is 6.71. The maximum Gasteiger partial charge on any atom is 0.0238 e. The van der Waals surface area contributed by atoms with Gasteiger partial charge in [0.25, 0.3) is 0 Å². The molecule has 0 saturated heterocycles. The topological polar surface area (TPSA) is 38.0 Å². The van der Waals surface area contributed by atoms with Gasteiger partial charge in [-0.2, -0.15) is 0 Å². The Morgan fingerprint density at radius 1 is 1.00 bits per heavy atom. The minimum absolute atomic E-state index is 0.243. The Morgan fingerprint density at radius 2 is 1.44 bits per heavy atom. The van der Waals surface area contributed by atoms with Crippen LogP contribution < -0.4 is 11.1 Å². The van der Waals surface area contributed by atoms with Crippen LogP contribution in [0.25, 0.3) is 0 Å². The lowest BCUT2D eigenvalue weighted by Crippen LogP contribution is -2.48. The third-order valence-corrected chi connectivity index (χ3v) is 3.59. The van der Waals surface area contributed by atoms with Crippen molar-refractivity contribution in [3.63, 3.8) is 0 Å². The highest BCUT2D eigenvalue weighted by Gasteiger charge is 2.25. The van der Waals surface area contributed by atoms with Gasteiger partial charge >= 0.3 is 0 Å². The highest BCUT2D eigenvalue weighted by molar-refractivity contribution is 4.83. The van der Waals surface area contributed by atoms with E-state index in [0.29, 0.717) is 12.6 Å². The molecule has 2 heteroatoms. The lowest BCUT2D eigenvalue weighted by Gasteiger charge is -2.34. The fraction of sp³-hybridized carbons (Fsp3) is 1.00. The van der Waals surface area contributed by atoms with Crippen LogP contribution in [0.4, 0.5) is 0 Å². The maximum atomic E-state index is 5.83. The summed E-state index contributed by atoms with van der Waals surface area (Å²) < 4.78 is 0. The third kappa shape index (κ3) is 5.31. The average molecular weight is 228 g/mol. The van der Waals surface area contributed by atoms with E-state index in [-0.39, 0.29) is 5.41 Å². The summed E-state index contributed by atoms with van der Waals surface area (Å²) in [5.74, 6) is 2.19. The molecular weight excluding hydrogens is 196 g/mol. The first-order valence-corrected chi connectivity index (χ1v) is 6.63. The lowest BCUT2D eigenvalue weighted by atomic mass is 9.83. The molecule has 0 aliphatic heterocycles. The van der Waals surface area contributed by atoms with Gasteiger partial charge < -0.3 is 11.1 Å². The van der Waals surface area contributed by atoms with Crippen molar-refractivity contribution in [3.05, 3.63) is 0 Å². The molecular formula is C14H32N2. The zero-order valence-electron chi connectivity index (χ0n) is 12.3. The summed E-state index contributed by atoms with van der Waals surface area (Å²) in [6.07, 6.45) is 0. The summed E-state index contributed by atoms with van der Waals surface area (Å²) in [6.45, 7) is 17.8. The van der Waals surface area contributed by atoms with Crippen LogP contribution in [0.15, 0.2) is 0 Å². The molecule has 0 aromatic carbocycles. The molecule has 0 bridgehead atoms. The van der Waals surface area contributed by atoms with E-state index in [9.17, 15) is 0 Å². The van der Waals surface area contributed by atoms with Crippen molar-refractivity contribution < 1.29 is 0 Å². The first kappa shape index (κ1) is 15.9. The van der Waals surface area contributed by atoms with Gasteiger partial charge in [-0.25, -0.2) is 0 Å². The number of nitrogens with one attached hydrogen (secondary N) is 1. The van der Waals surface area contributed by atoms with Gasteiger partial charge in [-0.1, -0.05) is 48.5 Å². The van der Waals surface area contributed by atoms with Crippen LogP contribution in [-0.2, 0) is 0 Å². The molecule has 1 atom stereocenters. The second-order valence-electron chi connectivity index (χ2n) is 6.71. The summed E-state index contributed by atoms with van der Waals surface area (Å²) in [5, 5.41) is 3.65. The van der Waals surface area contributed by atoms with Gasteiger partial charge in [-0.15, -0.1) is 0 Å². The molecule has 0 aromatic heterocycles. The highest BCUT2D eigenvalue weighted by atomic mass is 15.0. The van der Waals surface area contributed by atoms with Crippen molar-refractivity contribution in [2.24, 2.45) is 28.9 Å².